The molecular weight excluding hydrogens is 515 g/mol. The van der Waals surface area contributed by atoms with Crippen molar-refractivity contribution in [2.45, 2.75) is 71.1 Å². The first-order chi connectivity index (χ1) is 19.0. The van der Waals surface area contributed by atoms with Gasteiger partial charge in [-0.1, -0.05) is 56.3 Å². The molecule has 0 spiro atoms. The summed E-state index contributed by atoms with van der Waals surface area (Å²) in [6, 6.07) is 16.0. The molecule has 2 aliphatic heterocycles. The van der Waals surface area contributed by atoms with Crippen molar-refractivity contribution in [1.29, 1.82) is 0 Å². The summed E-state index contributed by atoms with van der Waals surface area (Å²) < 4.78 is 39.0. The summed E-state index contributed by atoms with van der Waals surface area (Å²) in [5, 5.41) is 0. The van der Waals surface area contributed by atoms with E-state index < -0.39 is 11.7 Å². The number of benzene rings is 2. The van der Waals surface area contributed by atoms with Gasteiger partial charge >= 0.3 is 6.18 Å². The predicted octanol–water partition coefficient (Wildman–Crippen LogP) is 6.20. The molecule has 2 unspecified atom stereocenters. The summed E-state index contributed by atoms with van der Waals surface area (Å²) in [6.07, 6.45) is -0.606. The average molecular weight is 558 g/mol. The van der Waals surface area contributed by atoms with Crippen LogP contribution >= 0.6 is 0 Å². The Balaban J connectivity index is 1.42. The van der Waals surface area contributed by atoms with Crippen molar-refractivity contribution in [3.05, 3.63) is 71.3 Å². The van der Waals surface area contributed by atoms with Crippen LogP contribution in [0.25, 0.3) is 0 Å². The molecule has 218 valence electrons. The Kier molecular flexibility index (Phi) is 9.93. The van der Waals surface area contributed by atoms with Crippen LogP contribution in [0.5, 0.6) is 0 Å². The lowest BCUT2D eigenvalue weighted by molar-refractivity contribution is -0.140. The number of amides is 2. The monoisotopic (exact) mass is 557 g/mol. The zero-order chi connectivity index (χ0) is 28.9. The Labute approximate surface area is 236 Å². The van der Waals surface area contributed by atoms with Gasteiger partial charge in [-0.3, -0.25) is 14.5 Å². The fourth-order valence-electron chi connectivity index (χ4n) is 6.21. The Bertz CT molecular complexity index is 1110. The second-order valence-electron chi connectivity index (χ2n) is 11.7. The van der Waals surface area contributed by atoms with Gasteiger partial charge in [0, 0.05) is 58.2 Å². The lowest BCUT2D eigenvalue weighted by Crippen LogP contribution is -2.58. The maximum Gasteiger partial charge on any atom is 0.416 e. The predicted molar refractivity (Wildman–Crippen MR) is 150 cm³/mol. The standard InChI is InChI=1S/C32H42F3N3O2/c1-23(2)30-22-37(19-20-38(30)31(40)21-26-15-17-36(18-16-26)24(3)39)29(27-7-5-4-6-8-27)14-11-25-9-12-28(13-10-25)32(33,34)35/h4-10,12-13,23,26,29-30H,11,14-22H2,1-3H3. The molecule has 2 aromatic carbocycles. The quantitative estimate of drug-likeness (QED) is 0.389. The molecule has 0 aliphatic carbocycles. The second-order valence-corrected chi connectivity index (χ2v) is 11.7. The van der Waals surface area contributed by atoms with E-state index in [9.17, 15) is 22.8 Å². The van der Waals surface area contributed by atoms with Crippen LogP contribution in [0.2, 0.25) is 0 Å². The first-order valence-corrected chi connectivity index (χ1v) is 14.5. The topological polar surface area (TPSA) is 43.9 Å². The van der Waals surface area contributed by atoms with E-state index in [4.69, 9.17) is 0 Å². The lowest BCUT2D eigenvalue weighted by Gasteiger charge is -2.47. The molecule has 0 bridgehead atoms. The number of aryl methyl sites for hydroxylation is 1. The van der Waals surface area contributed by atoms with Crippen molar-refractivity contribution in [2.75, 3.05) is 32.7 Å². The van der Waals surface area contributed by atoms with Crippen molar-refractivity contribution >= 4 is 11.8 Å². The zero-order valence-electron chi connectivity index (χ0n) is 23.9. The van der Waals surface area contributed by atoms with Crippen LogP contribution in [0.3, 0.4) is 0 Å². The summed E-state index contributed by atoms with van der Waals surface area (Å²) >= 11 is 0. The molecule has 2 saturated heterocycles. The Morgan fingerprint density at radius 3 is 2.15 bits per heavy atom. The molecule has 5 nitrogen and oxygen atoms in total. The molecule has 0 N–H and O–H groups in total. The van der Waals surface area contributed by atoms with Gasteiger partial charge in [0.1, 0.15) is 0 Å². The van der Waals surface area contributed by atoms with Gasteiger partial charge in [0.2, 0.25) is 11.8 Å². The number of hydrogen-bond acceptors (Lipinski definition) is 3. The molecule has 0 radical (unpaired) electrons. The minimum atomic E-state index is -4.33. The van der Waals surface area contributed by atoms with E-state index >= 15 is 0 Å². The highest BCUT2D eigenvalue weighted by molar-refractivity contribution is 5.77. The fraction of sp³-hybridized carbons (Fsp3) is 0.562. The average Bonchev–Trinajstić information content (AvgIpc) is 2.93. The number of piperazine rings is 1. The van der Waals surface area contributed by atoms with Crippen LogP contribution in [-0.2, 0) is 22.2 Å². The van der Waals surface area contributed by atoms with Crippen LogP contribution in [0.15, 0.2) is 54.6 Å². The van der Waals surface area contributed by atoms with E-state index in [1.807, 2.05) is 23.1 Å². The maximum atomic E-state index is 13.5. The minimum absolute atomic E-state index is 0.0934. The molecule has 40 heavy (non-hydrogen) atoms. The molecule has 2 fully saturated rings. The number of nitrogens with zero attached hydrogens (tertiary/aromatic N) is 3. The van der Waals surface area contributed by atoms with Crippen LogP contribution in [-0.4, -0.2) is 65.3 Å². The Hall–Kier alpha value is -2.87. The third-order valence-electron chi connectivity index (χ3n) is 8.68. The van der Waals surface area contributed by atoms with E-state index in [0.29, 0.717) is 25.3 Å². The maximum absolute atomic E-state index is 13.5. The van der Waals surface area contributed by atoms with E-state index in [1.54, 1.807) is 19.1 Å². The van der Waals surface area contributed by atoms with Crippen LogP contribution in [0.4, 0.5) is 13.2 Å². The highest BCUT2D eigenvalue weighted by Gasteiger charge is 2.36. The van der Waals surface area contributed by atoms with Crippen molar-refractivity contribution in [2.24, 2.45) is 11.8 Å². The summed E-state index contributed by atoms with van der Waals surface area (Å²) in [7, 11) is 0. The zero-order valence-corrected chi connectivity index (χ0v) is 23.9. The first-order valence-electron chi connectivity index (χ1n) is 14.5. The number of rotatable bonds is 8. The number of halogens is 3. The number of alkyl halides is 3. The fourth-order valence-corrected chi connectivity index (χ4v) is 6.21. The molecule has 8 heteroatoms. The first kappa shape index (κ1) is 30.1. The summed E-state index contributed by atoms with van der Waals surface area (Å²) in [5.41, 5.74) is 1.45. The Morgan fingerprint density at radius 2 is 1.57 bits per heavy atom. The summed E-state index contributed by atoms with van der Waals surface area (Å²) in [4.78, 5) is 31.6. The smallest absolute Gasteiger partial charge is 0.343 e. The highest BCUT2D eigenvalue weighted by Crippen LogP contribution is 2.33. The third-order valence-corrected chi connectivity index (χ3v) is 8.68. The van der Waals surface area contributed by atoms with E-state index in [-0.39, 0.29) is 29.8 Å². The largest absolute Gasteiger partial charge is 0.416 e. The number of carbonyl (C=O) groups is 2. The van der Waals surface area contributed by atoms with Gasteiger partial charge in [0.25, 0.3) is 0 Å². The van der Waals surface area contributed by atoms with Crippen molar-refractivity contribution in [1.82, 2.24) is 14.7 Å². The summed E-state index contributed by atoms with van der Waals surface area (Å²) in [6.45, 7) is 9.57. The molecule has 2 atom stereocenters. The van der Waals surface area contributed by atoms with Gasteiger partial charge in [-0.25, -0.2) is 0 Å². The molecule has 2 aromatic rings. The minimum Gasteiger partial charge on any atom is -0.343 e. The Morgan fingerprint density at radius 1 is 0.925 bits per heavy atom. The van der Waals surface area contributed by atoms with Gasteiger partial charge in [-0.15, -0.1) is 0 Å². The number of carbonyl (C=O) groups excluding carboxylic acids is 2. The lowest BCUT2D eigenvalue weighted by atomic mass is 9.90. The van der Waals surface area contributed by atoms with Crippen molar-refractivity contribution < 1.29 is 22.8 Å². The van der Waals surface area contributed by atoms with E-state index in [1.165, 1.54) is 5.56 Å². The SMILES string of the molecule is CC(=O)N1CCC(CC(=O)N2CCN(C(CCc3ccc(C(F)(F)F)cc3)c3ccccc3)CC2C(C)C)CC1. The van der Waals surface area contributed by atoms with Crippen LogP contribution in [0.1, 0.15) is 69.2 Å². The van der Waals surface area contributed by atoms with E-state index in [0.717, 1.165) is 63.1 Å². The molecular formula is C32H42F3N3O2. The van der Waals surface area contributed by atoms with Gasteiger partial charge < -0.3 is 9.80 Å². The molecule has 0 saturated carbocycles. The highest BCUT2D eigenvalue weighted by atomic mass is 19.4. The normalized spacial score (nSPS) is 20.1. The van der Waals surface area contributed by atoms with Crippen LogP contribution < -0.4 is 0 Å². The van der Waals surface area contributed by atoms with Gasteiger partial charge in [-0.2, -0.15) is 13.2 Å². The molecule has 2 heterocycles. The molecule has 4 rings (SSSR count). The van der Waals surface area contributed by atoms with Crippen molar-refractivity contribution in [3.63, 3.8) is 0 Å². The second kappa shape index (κ2) is 13.2. The van der Waals surface area contributed by atoms with E-state index in [2.05, 4.69) is 35.8 Å². The van der Waals surface area contributed by atoms with Gasteiger partial charge in [-0.05, 0) is 60.8 Å². The van der Waals surface area contributed by atoms with Crippen LogP contribution in [0, 0.1) is 11.8 Å². The van der Waals surface area contributed by atoms with Crippen molar-refractivity contribution in [3.8, 4) is 0 Å². The van der Waals surface area contributed by atoms with Gasteiger partial charge in [0.15, 0.2) is 0 Å². The third kappa shape index (κ3) is 7.65. The number of hydrogen-bond donors (Lipinski definition) is 0. The molecule has 0 aromatic heterocycles. The summed E-state index contributed by atoms with van der Waals surface area (Å²) in [5.74, 6) is 0.917. The molecule has 2 amide bonds. The number of likely N-dealkylation sites (tertiary alicyclic amines) is 1. The number of piperidine rings is 1. The van der Waals surface area contributed by atoms with Gasteiger partial charge in [0.05, 0.1) is 5.56 Å². The molecule has 2 aliphatic rings.